The second-order valence-corrected chi connectivity index (χ2v) is 9.99. The van der Waals surface area contributed by atoms with Crippen LogP contribution in [-0.2, 0) is 9.59 Å². The molecule has 0 aliphatic rings. The van der Waals surface area contributed by atoms with Gasteiger partial charge in [-0.1, -0.05) is 42.5 Å². The van der Waals surface area contributed by atoms with E-state index < -0.39 is 16.7 Å². The van der Waals surface area contributed by atoms with Gasteiger partial charge in [-0.15, -0.1) is 11.8 Å². The predicted octanol–water partition coefficient (Wildman–Crippen LogP) is 6.13. The first-order chi connectivity index (χ1) is 20.8. The minimum Gasteiger partial charge on any atom is -0.492 e. The van der Waals surface area contributed by atoms with E-state index in [1.54, 1.807) is 72.8 Å². The summed E-state index contributed by atoms with van der Waals surface area (Å²) >= 11 is 1.32. The van der Waals surface area contributed by atoms with Crippen LogP contribution in [0.25, 0.3) is 6.08 Å². The van der Waals surface area contributed by atoms with E-state index in [-0.39, 0.29) is 28.6 Å². The van der Waals surface area contributed by atoms with Gasteiger partial charge in [0.25, 0.3) is 17.5 Å². The molecule has 11 heteroatoms. The molecule has 0 radical (unpaired) electrons. The number of anilines is 2. The maximum Gasteiger partial charge on any atom is 0.276 e. The fourth-order valence-corrected chi connectivity index (χ4v) is 4.59. The van der Waals surface area contributed by atoms with Crippen molar-refractivity contribution in [3.63, 3.8) is 0 Å². The summed E-state index contributed by atoms with van der Waals surface area (Å²) < 4.78 is 5.54. The zero-order chi connectivity index (χ0) is 30.6. The number of carbonyl (C=O) groups is 3. The number of nitrogens with zero attached hydrogens (tertiary/aromatic N) is 1. The monoisotopic (exact) mass is 596 g/mol. The van der Waals surface area contributed by atoms with Gasteiger partial charge in [0.15, 0.2) is 0 Å². The van der Waals surface area contributed by atoms with Crippen molar-refractivity contribution in [3.8, 4) is 5.75 Å². The fourth-order valence-electron chi connectivity index (χ4n) is 3.89. The lowest BCUT2D eigenvalue weighted by atomic mass is 10.1. The maximum atomic E-state index is 13.3. The van der Waals surface area contributed by atoms with E-state index in [1.807, 2.05) is 19.1 Å². The van der Waals surface area contributed by atoms with E-state index in [0.29, 0.717) is 29.3 Å². The minimum absolute atomic E-state index is 0.153. The number of hydrogen-bond acceptors (Lipinski definition) is 7. The van der Waals surface area contributed by atoms with Gasteiger partial charge in [-0.25, -0.2) is 0 Å². The van der Waals surface area contributed by atoms with Gasteiger partial charge in [-0.2, -0.15) is 0 Å². The number of nitro benzene ring substituents is 1. The lowest BCUT2D eigenvalue weighted by molar-refractivity contribution is -0.385. The van der Waals surface area contributed by atoms with Crippen molar-refractivity contribution in [3.05, 3.63) is 130 Å². The Morgan fingerprint density at radius 1 is 0.860 bits per heavy atom. The quantitative estimate of drug-likeness (QED) is 0.0773. The molecule has 4 rings (SSSR count). The molecule has 0 aromatic heterocycles. The molecule has 10 nitrogen and oxygen atoms in total. The number of rotatable bonds is 12. The number of para-hydroxylation sites is 3. The second kappa shape index (κ2) is 15.0. The van der Waals surface area contributed by atoms with Crippen molar-refractivity contribution < 1.29 is 24.0 Å². The molecule has 4 aromatic carbocycles. The maximum absolute atomic E-state index is 13.3. The molecule has 218 valence electrons. The number of nitro groups is 1. The molecule has 0 bridgehead atoms. The summed E-state index contributed by atoms with van der Waals surface area (Å²) in [5.74, 6) is -0.669. The molecule has 4 aromatic rings. The van der Waals surface area contributed by atoms with Crippen LogP contribution in [-0.4, -0.2) is 35.0 Å². The second-order valence-electron chi connectivity index (χ2n) is 8.94. The van der Waals surface area contributed by atoms with Crippen LogP contribution >= 0.6 is 11.8 Å². The molecule has 0 aliphatic carbocycles. The van der Waals surface area contributed by atoms with Crippen LogP contribution in [0.2, 0.25) is 0 Å². The third kappa shape index (κ3) is 8.78. The summed E-state index contributed by atoms with van der Waals surface area (Å²) in [6.07, 6.45) is 1.26. The first-order valence-electron chi connectivity index (χ1n) is 13.2. The normalized spacial score (nSPS) is 10.9. The third-order valence-electron chi connectivity index (χ3n) is 5.91. The van der Waals surface area contributed by atoms with E-state index in [0.717, 1.165) is 4.90 Å². The Morgan fingerprint density at radius 2 is 1.53 bits per heavy atom. The van der Waals surface area contributed by atoms with Gasteiger partial charge in [0, 0.05) is 22.2 Å². The number of amides is 3. The molecule has 3 N–H and O–H groups in total. The Kier molecular flexibility index (Phi) is 10.6. The van der Waals surface area contributed by atoms with E-state index in [9.17, 15) is 24.5 Å². The van der Waals surface area contributed by atoms with E-state index >= 15 is 0 Å². The van der Waals surface area contributed by atoms with Gasteiger partial charge in [0.05, 0.1) is 28.5 Å². The van der Waals surface area contributed by atoms with Gasteiger partial charge in [0.1, 0.15) is 11.4 Å². The number of carbonyl (C=O) groups excluding carboxylic acids is 3. The SMILES string of the molecule is CCOc1ccccc1NC(=O)CSc1ccc(NC(=O)/C(=C/c2ccccc2[N+](=O)[O-])NC(=O)c2ccccc2)cc1. The van der Waals surface area contributed by atoms with Gasteiger partial charge in [-0.3, -0.25) is 24.5 Å². The molecule has 43 heavy (non-hydrogen) atoms. The van der Waals surface area contributed by atoms with E-state index in [4.69, 9.17) is 4.74 Å². The Labute approximate surface area is 252 Å². The number of ether oxygens (including phenoxy) is 1. The zero-order valence-corrected chi connectivity index (χ0v) is 23.9. The lowest BCUT2D eigenvalue weighted by Crippen LogP contribution is -2.30. The summed E-state index contributed by atoms with van der Waals surface area (Å²) in [5.41, 5.74) is 1.10. The van der Waals surface area contributed by atoms with Crippen molar-refractivity contribution in [1.29, 1.82) is 0 Å². The zero-order valence-electron chi connectivity index (χ0n) is 23.1. The molecule has 0 saturated carbocycles. The van der Waals surface area contributed by atoms with Crippen molar-refractivity contribution in [2.45, 2.75) is 11.8 Å². The average molecular weight is 597 g/mol. The standard InChI is InChI=1S/C32H28N4O6S/c1-2-42-29-15-9-7-13-26(29)34-30(37)21-43-25-18-16-24(17-19-25)33-32(39)27(35-31(38)22-10-4-3-5-11-22)20-23-12-6-8-14-28(23)36(40)41/h3-20H,2,21H2,1H3,(H,33,39)(H,34,37)(H,35,38)/b27-20-. The summed E-state index contributed by atoms with van der Waals surface area (Å²) in [5, 5.41) is 19.7. The summed E-state index contributed by atoms with van der Waals surface area (Å²) in [4.78, 5) is 50.4. The van der Waals surface area contributed by atoms with Crippen LogP contribution in [0.5, 0.6) is 5.75 Å². The lowest BCUT2D eigenvalue weighted by Gasteiger charge is -2.12. The Balaban J connectivity index is 1.44. The van der Waals surface area contributed by atoms with Crippen LogP contribution in [0.3, 0.4) is 0 Å². The van der Waals surface area contributed by atoms with Crippen LogP contribution < -0.4 is 20.7 Å². The molecule has 0 fully saturated rings. The topological polar surface area (TPSA) is 140 Å². The first-order valence-corrected chi connectivity index (χ1v) is 14.2. The summed E-state index contributed by atoms with van der Waals surface area (Å²) in [6, 6.07) is 28.2. The van der Waals surface area contributed by atoms with E-state index in [1.165, 1.54) is 36.0 Å². The molecule has 0 heterocycles. The molecule has 0 unspecified atom stereocenters. The number of nitrogens with one attached hydrogen (secondary N) is 3. The van der Waals surface area contributed by atoms with Gasteiger partial charge < -0.3 is 20.7 Å². The van der Waals surface area contributed by atoms with E-state index in [2.05, 4.69) is 16.0 Å². The predicted molar refractivity (Wildman–Crippen MR) is 167 cm³/mol. The Morgan fingerprint density at radius 3 is 2.26 bits per heavy atom. The number of hydrogen-bond donors (Lipinski definition) is 3. The minimum atomic E-state index is -0.671. The molecule has 3 amide bonds. The van der Waals surface area contributed by atoms with Crippen LogP contribution in [0.1, 0.15) is 22.8 Å². The van der Waals surface area contributed by atoms with Gasteiger partial charge in [0.2, 0.25) is 5.91 Å². The fraction of sp³-hybridized carbons (Fsp3) is 0.0938. The number of benzene rings is 4. The largest absolute Gasteiger partial charge is 0.492 e. The average Bonchev–Trinajstić information content (AvgIpc) is 3.02. The van der Waals surface area contributed by atoms with Crippen molar-refractivity contribution >= 4 is 52.6 Å². The molecule has 0 spiro atoms. The first kappa shape index (κ1) is 30.5. The summed E-state index contributed by atoms with van der Waals surface area (Å²) in [7, 11) is 0. The van der Waals surface area contributed by atoms with Gasteiger partial charge >= 0.3 is 0 Å². The molecule has 0 saturated heterocycles. The third-order valence-corrected chi connectivity index (χ3v) is 6.92. The van der Waals surface area contributed by atoms with Crippen LogP contribution in [0, 0.1) is 10.1 Å². The van der Waals surface area contributed by atoms with Crippen LogP contribution in [0.15, 0.2) is 114 Å². The summed E-state index contributed by atoms with van der Waals surface area (Å²) in [6.45, 7) is 2.35. The van der Waals surface area contributed by atoms with Crippen LogP contribution in [0.4, 0.5) is 17.1 Å². The highest BCUT2D eigenvalue weighted by atomic mass is 32.2. The highest BCUT2D eigenvalue weighted by Gasteiger charge is 2.18. The van der Waals surface area contributed by atoms with Gasteiger partial charge in [-0.05, 0) is 67.6 Å². The molecule has 0 aliphatic heterocycles. The molecule has 0 atom stereocenters. The molecular formula is C32H28N4O6S. The Hall–Kier alpha value is -5.42. The highest BCUT2D eigenvalue weighted by molar-refractivity contribution is 8.00. The Bertz CT molecular complexity index is 1640. The highest BCUT2D eigenvalue weighted by Crippen LogP contribution is 2.26. The van der Waals surface area contributed by atoms with Crippen molar-refractivity contribution in [2.24, 2.45) is 0 Å². The smallest absolute Gasteiger partial charge is 0.276 e. The van der Waals surface area contributed by atoms with Crippen molar-refractivity contribution in [1.82, 2.24) is 5.32 Å². The van der Waals surface area contributed by atoms with Crippen molar-refractivity contribution in [2.75, 3.05) is 23.0 Å². The molecular weight excluding hydrogens is 568 g/mol. The number of thioether (sulfide) groups is 1.